The highest BCUT2D eigenvalue weighted by atomic mass is 16.1. The maximum absolute atomic E-state index is 11.4. The number of hydrogen-bond acceptors (Lipinski definition) is 2. The summed E-state index contributed by atoms with van der Waals surface area (Å²) in [4.78, 5) is 25.2. The third-order valence-electron chi connectivity index (χ3n) is 2.46. The molecule has 1 aromatic carbocycles. The molecule has 0 fully saturated rings. The van der Waals surface area contributed by atoms with Gasteiger partial charge in [0, 0.05) is 28.2 Å². The first-order valence-electron chi connectivity index (χ1n) is 4.71. The van der Waals surface area contributed by atoms with Crippen LogP contribution in [0.4, 0.5) is 0 Å². The molecule has 2 rings (SSSR count). The van der Waals surface area contributed by atoms with E-state index in [1.807, 2.05) is 19.1 Å². The lowest BCUT2D eigenvalue weighted by molar-refractivity contribution is 0.101. The van der Waals surface area contributed by atoms with Crippen molar-refractivity contribution in [3.05, 3.63) is 35.0 Å². The van der Waals surface area contributed by atoms with Crippen molar-refractivity contribution in [1.82, 2.24) is 4.98 Å². The van der Waals surface area contributed by atoms with Crippen LogP contribution in [0, 0.1) is 6.92 Å². The van der Waals surface area contributed by atoms with E-state index >= 15 is 0 Å². The zero-order valence-corrected chi connectivity index (χ0v) is 8.63. The molecular formula is C12H11NO2. The van der Waals surface area contributed by atoms with Crippen LogP contribution in [0.15, 0.2) is 18.3 Å². The Labute approximate surface area is 87.1 Å². The molecule has 0 saturated heterocycles. The fourth-order valence-corrected chi connectivity index (χ4v) is 1.81. The lowest BCUT2D eigenvalue weighted by Gasteiger charge is -2.01. The minimum absolute atomic E-state index is 0.0219. The number of aromatic amines is 1. The molecule has 0 bridgehead atoms. The number of carbonyl (C=O) groups excluding carboxylic acids is 2. The molecule has 3 heteroatoms. The van der Waals surface area contributed by atoms with Crippen molar-refractivity contribution in [2.75, 3.05) is 0 Å². The zero-order chi connectivity index (χ0) is 11.0. The molecule has 1 heterocycles. The number of hydrogen-bond donors (Lipinski definition) is 1. The van der Waals surface area contributed by atoms with Crippen molar-refractivity contribution in [3.63, 3.8) is 0 Å². The maximum atomic E-state index is 11.4. The molecule has 1 N–H and O–H groups in total. The minimum Gasteiger partial charge on any atom is -0.360 e. The van der Waals surface area contributed by atoms with Crippen molar-refractivity contribution in [1.29, 1.82) is 0 Å². The SMILES string of the molecule is CC(=O)c1cc(C)cc2[nH]cc(C=O)c12. The molecule has 0 aliphatic carbocycles. The standard InChI is InChI=1S/C12H11NO2/c1-7-3-10(8(2)15)12-9(6-14)5-13-11(12)4-7/h3-6,13H,1-2H3. The quantitative estimate of drug-likeness (QED) is 0.599. The number of nitrogens with one attached hydrogen (secondary N) is 1. The predicted molar refractivity (Wildman–Crippen MR) is 58.4 cm³/mol. The summed E-state index contributed by atoms with van der Waals surface area (Å²) in [5.74, 6) is -0.0219. The number of rotatable bonds is 2. The van der Waals surface area contributed by atoms with Gasteiger partial charge in [0.25, 0.3) is 0 Å². The van der Waals surface area contributed by atoms with Crippen LogP contribution < -0.4 is 0 Å². The van der Waals surface area contributed by atoms with E-state index in [1.165, 1.54) is 6.92 Å². The van der Waals surface area contributed by atoms with Crippen LogP contribution in [-0.2, 0) is 0 Å². The number of aromatic nitrogens is 1. The number of carbonyl (C=O) groups is 2. The Bertz CT molecular complexity index is 552. The van der Waals surface area contributed by atoms with Crippen LogP contribution in [0.2, 0.25) is 0 Å². The highest BCUT2D eigenvalue weighted by molar-refractivity contribution is 6.12. The van der Waals surface area contributed by atoms with E-state index in [1.54, 1.807) is 6.20 Å². The summed E-state index contributed by atoms with van der Waals surface area (Å²) in [6.45, 7) is 3.43. The van der Waals surface area contributed by atoms with Crippen LogP contribution in [0.1, 0.15) is 33.2 Å². The second-order valence-electron chi connectivity index (χ2n) is 3.65. The van der Waals surface area contributed by atoms with Crippen molar-refractivity contribution in [3.8, 4) is 0 Å². The molecular weight excluding hydrogens is 190 g/mol. The number of H-pyrrole nitrogens is 1. The fourth-order valence-electron chi connectivity index (χ4n) is 1.81. The van der Waals surface area contributed by atoms with Gasteiger partial charge < -0.3 is 4.98 Å². The average Bonchev–Trinajstić information content (AvgIpc) is 2.58. The van der Waals surface area contributed by atoms with Gasteiger partial charge >= 0.3 is 0 Å². The lowest BCUT2D eigenvalue weighted by Crippen LogP contribution is -1.95. The molecule has 1 aromatic heterocycles. The lowest BCUT2D eigenvalue weighted by atomic mass is 10.0. The largest absolute Gasteiger partial charge is 0.360 e. The van der Waals surface area contributed by atoms with Gasteiger partial charge in [-0.05, 0) is 31.5 Å². The van der Waals surface area contributed by atoms with Crippen molar-refractivity contribution >= 4 is 23.0 Å². The van der Waals surface area contributed by atoms with Crippen molar-refractivity contribution in [2.24, 2.45) is 0 Å². The first-order chi connectivity index (χ1) is 7.13. The third kappa shape index (κ3) is 1.46. The first kappa shape index (κ1) is 9.65. The average molecular weight is 201 g/mol. The fraction of sp³-hybridized carbons (Fsp3) is 0.167. The van der Waals surface area contributed by atoms with Gasteiger partial charge in [0.1, 0.15) is 0 Å². The van der Waals surface area contributed by atoms with Crippen LogP contribution in [0.3, 0.4) is 0 Å². The van der Waals surface area contributed by atoms with Gasteiger partial charge in [-0.15, -0.1) is 0 Å². The van der Waals surface area contributed by atoms with E-state index in [9.17, 15) is 9.59 Å². The molecule has 3 nitrogen and oxygen atoms in total. The molecule has 0 spiro atoms. The predicted octanol–water partition coefficient (Wildman–Crippen LogP) is 2.49. The summed E-state index contributed by atoms with van der Waals surface area (Å²) in [6.07, 6.45) is 2.39. The molecule has 0 aliphatic heterocycles. The highest BCUT2D eigenvalue weighted by Crippen LogP contribution is 2.23. The molecule has 0 radical (unpaired) electrons. The molecule has 15 heavy (non-hydrogen) atoms. The van der Waals surface area contributed by atoms with Gasteiger partial charge in [0.2, 0.25) is 0 Å². The number of benzene rings is 1. The first-order valence-corrected chi connectivity index (χ1v) is 4.71. The van der Waals surface area contributed by atoms with Gasteiger partial charge in [-0.1, -0.05) is 0 Å². The molecule has 0 saturated carbocycles. The molecule has 0 amide bonds. The highest BCUT2D eigenvalue weighted by Gasteiger charge is 2.11. The topological polar surface area (TPSA) is 49.9 Å². The van der Waals surface area contributed by atoms with Gasteiger partial charge in [-0.3, -0.25) is 9.59 Å². The summed E-state index contributed by atoms with van der Waals surface area (Å²) < 4.78 is 0. The molecule has 0 unspecified atom stereocenters. The van der Waals surface area contributed by atoms with Crippen LogP contribution in [0.25, 0.3) is 10.9 Å². The molecule has 2 aromatic rings. The maximum Gasteiger partial charge on any atom is 0.160 e. The number of aryl methyl sites for hydroxylation is 1. The summed E-state index contributed by atoms with van der Waals surface area (Å²) >= 11 is 0. The Hall–Kier alpha value is -1.90. The van der Waals surface area contributed by atoms with E-state index in [0.717, 1.165) is 22.8 Å². The summed E-state index contributed by atoms with van der Waals surface area (Å²) in [5, 5.41) is 0.725. The van der Waals surface area contributed by atoms with Crippen molar-refractivity contribution < 1.29 is 9.59 Å². The molecule has 76 valence electrons. The normalized spacial score (nSPS) is 10.5. The van der Waals surface area contributed by atoms with Crippen LogP contribution in [-0.4, -0.2) is 17.1 Å². The summed E-state index contributed by atoms with van der Waals surface area (Å²) in [6, 6.07) is 3.74. The second kappa shape index (κ2) is 3.35. The van der Waals surface area contributed by atoms with E-state index < -0.39 is 0 Å². The minimum atomic E-state index is -0.0219. The molecule has 0 atom stereocenters. The Morgan fingerprint density at radius 3 is 2.73 bits per heavy atom. The second-order valence-corrected chi connectivity index (χ2v) is 3.65. The van der Waals surface area contributed by atoms with Crippen LogP contribution >= 0.6 is 0 Å². The van der Waals surface area contributed by atoms with E-state index in [0.29, 0.717) is 11.1 Å². The summed E-state index contributed by atoms with van der Waals surface area (Å²) in [5.41, 5.74) is 2.98. The Balaban J connectivity index is 2.91. The number of fused-ring (bicyclic) bond motifs is 1. The number of Topliss-reactive ketones (excluding diaryl/α,β-unsaturated/α-hetero) is 1. The van der Waals surface area contributed by atoms with Crippen molar-refractivity contribution in [2.45, 2.75) is 13.8 Å². The Morgan fingerprint density at radius 1 is 1.40 bits per heavy atom. The Morgan fingerprint density at radius 2 is 2.13 bits per heavy atom. The van der Waals surface area contributed by atoms with Gasteiger partial charge in [0.15, 0.2) is 12.1 Å². The zero-order valence-electron chi connectivity index (χ0n) is 8.63. The number of ketones is 1. The van der Waals surface area contributed by atoms with Gasteiger partial charge in [-0.25, -0.2) is 0 Å². The van der Waals surface area contributed by atoms with E-state index in [4.69, 9.17) is 0 Å². The van der Waals surface area contributed by atoms with Gasteiger partial charge in [-0.2, -0.15) is 0 Å². The van der Waals surface area contributed by atoms with E-state index in [-0.39, 0.29) is 5.78 Å². The molecule has 0 aliphatic rings. The number of aldehydes is 1. The third-order valence-corrected chi connectivity index (χ3v) is 2.46. The Kier molecular flexibility index (Phi) is 2.15. The van der Waals surface area contributed by atoms with Crippen LogP contribution in [0.5, 0.6) is 0 Å². The monoisotopic (exact) mass is 201 g/mol. The van der Waals surface area contributed by atoms with Gasteiger partial charge in [0.05, 0.1) is 0 Å². The summed E-state index contributed by atoms with van der Waals surface area (Å²) in [7, 11) is 0. The van der Waals surface area contributed by atoms with E-state index in [2.05, 4.69) is 4.98 Å². The smallest absolute Gasteiger partial charge is 0.160 e.